The van der Waals surface area contributed by atoms with Crippen molar-refractivity contribution in [3.8, 4) is 0 Å². The molecule has 108 valence electrons. The molecule has 0 spiro atoms. The van der Waals surface area contributed by atoms with E-state index in [1.807, 2.05) is 7.05 Å². The molecule has 1 atom stereocenters. The Kier molecular flexibility index (Phi) is 5.34. The third kappa shape index (κ3) is 4.91. The summed E-state index contributed by atoms with van der Waals surface area (Å²) in [6, 6.07) is 0. The Morgan fingerprint density at radius 3 is 3.00 bits per heavy atom. The number of hydrogen-bond donors (Lipinski definition) is 1. The maximum absolute atomic E-state index is 4.33. The third-order valence-corrected chi connectivity index (χ3v) is 3.65. The highest BCUT2D eigenvalue weighted by atomic mass is 15.3. The van der Waals surface area contributed by atoms with E-state index in [4.69, 9.17) is 0 Å². The van der Waals surface area contributed by atoms with Crippen molar-refractivity contribution in [3.05, 3.63) is 12.2 Å². The van der Waals surface area contributed by atoms with Gasteiger partial charge in [0.2, 0.25) is 0 Å². The maximum Gasteiger partial charge on any atom is 0.151 e. The Morgan fingerprint density at radius 2 is 2.32 bits per heavy atom. The van der Waals surface area contributed by atoms with Gasteiger partial charge in [-0.3, -0.25) is 4.68 Å². The van der Waals surface area contributed by atoms with E-state index in [0.717, 1.165) is 43.7 Å². The average molecular weight is 265 g/mol. The van der Waals surface area contributed by atoms with Crippen molar-refractivity contribution < 1.29 is 0 Å². The van der Waals surface area contributed by atoms with Gasteiger partial charge < -0.3 is 10.2 Å². The molecule has 2 heterocycles. The lowest BCUT2D eigenvalue weighted by Crippen LogP contribution is -2.29. The predicted octanol–water partition coefficient (Wildman–Crippen LogP) is 0.925. The minimum absolute atomic E-state index is 0.743. The molecule has 0 amide bonds. The molecule has 1 aliphatic rings. The summed E-state index contributed by atoms with van der Waals surface area (Å²) in [6.45, 7) is 10.3. The largest absolute Gasteiger partial charge is 0.316 e. The van der Waals surface area contributed by atoms with Gasteiger partial charge in [0.15, 0.2) is 5.82 Å². The summed E-state index contributed by atoms with van der Waals surface area (Å²) in [4.78, 5) is 6.82. The molecule has 1 aromatic heterocycles. The first-order chi connectivity index (χ1) is 9.13. The molecular weight excluding hydrogens is 238 g/mol. The van der Waals surface area contributed by atoms with Crippen LogP contribution in [0.5, 0.6) is 0 Å². The van der Waals surface area contributed by atoms with E-state index in [1.54, 1.807) is 11.0 Å². The predicted molar refractivity (Wildman–Crippen MR) is 77.0 cm³/mol. The van der Waals surface area contributed by atoms with Crippen LogP contribution in [0.15, 0.2) is 6.33 Å². The van der Waals surface area contributed by atoms with Crippen LogP contribution in [0.25, 0.3) is 0 Å². The lowest BCUT2D eigenvalue weighted by Gasteiger charge is -2.16. The van der Waals surface area contributed by atoms with E-state index >= 15 is 0 Å². The molecule has 1 unspecified atom stereocenters. The van der Waals surface area contributed by atoms with Crippen LogP contribution in [0, 0.1) is 11.8 Å². The van der Waals surface area contributed by atoms with E-state index in [2.05, 4.69) is 34.1 Å². The fraction of sp³-hybridized carbons (Fsp3) is 0.857. The second-order valence-corrected chi connectivity index (χ2v) is 6.09. The van der Waals surface area contributed by atoms with Crippen LogP contribution in [0.1, 0.15) is 26.1 Å². The number of aromatic nitrogens is 3. The van der Waals surface area contributed by atoms with Crippen LogP contribution >= 0.6 is 0 Å². The number of hydrogen-bond acceptors (Lipinski definition) is 4. The Balaban J connectivity index is 1.62. The monoisotopic (exact) mass is 265 g/mol. The molecular formula is C14H27N5. The van der Waals surface area contributed by atoms with Crippen molar-refractivity contribution in [1.29, 1.82) is 0 Å². The van der Waals surface area contributed by atoms with Gasteiger partial charge in [-0.05, 0) is 37.9 Å². The minimum atomic E-state index is 0.743. The summed E-state index contributed by atoms with van der Waals surface area (Å²) in [5, 5.41) is 7.90. The fourth-order valence-corrected chi connectivity index (χ4v) is 2.62. The number of likely N-dealkylation sites (tertiary alicyclic amines) is 1. The van der Waals surface area contributed by atoms with Gasteiger partial charge in [0.05, 0.1) is 0 Å². The van der Waals surface area contributed by atoms with Crippen molar-refractivity contribution in [1.82, 2.24) is 25.0 Å². The zero-order valence-corrected chi connectivity index (χ0v) is 12.5. The maximum atomic E-state index is 4.33. The molecule has 5 nitrogen and oxygen atoms in total. The minimum Gasteiger partial charge on any atom is -0.316 e. The molecule has 0 saturated carbocycles. The summed E-state index contributed by atoms with van der Waals surface area (Å²) < 4.78 is 1.78. The fourth-order valence-electron chi connectivity index (χ4n) is 2.62. The van der Waals surface area contributed by atoms with Gasteiger partial charge in [-0.15, -0.1) is 0 Å². The Hall–Kier alpha value is -0.940. The van der Waals surface area contributed by atoms with E-state index in [-0.39, 0.29) is 0 Å². The third-order valence-electron chi connectivity index (χ3n) is 3.65. The van der Waals surface area contributed by atoms with Crippen molar-refractivity contribution in [2.24, 2.45) is 18.9 Å². The summed E-state index contributed by atoms with van der Waals surface area (Å²) in [7, 11) is 1.92. The Labute approximate surface area is 116 Å². The Morgan fingerprint density at radius 1 is 1.47 bits per heavy atom. The normalized spacial score (nSPS) is 20.5. The molecule has 0 aliphatic carbocycles. The molecule has 1 saturated heterocycles. The van der Waals surface area contributed by atoms with Crippen LogP contribution in [-0.4, -0.2) is 52.4 Å². The van der Waals surface area contributed by atoms with Gasteiger partial charge >= 0.3 is 0 Å². The second kappa shape index (κ2) is 7.01. The molecule has 5 heteroatoms. The molecule has 0 bridgehead atoms. The molecule has 0 aromatic carbocycles. The first-order valence-corrected chi connectivity index (χ1v) is 7.41. The molecule has 19 heavy (non-hydrogen) atoms. The lowest BCUT2D eigenvalue weighted by molar-refractivity contribution is 0.322. The van der Waals surface area contributed by atoms with Gasteiger partial charge in [-0.25, -0.2) is 4.98 Å². The van der Waals surface area contributed by atoms with Crippen LogP contribution in [0.2, 0.25) is 0 Å². The van der Waals surface area contributed by atoms with Crippen molar-refractivity contribution in [3.63, 3.8) is 0 Å². The average Bonchev–Trinajstić information content (AvgIpc) is 2.95. The zero-order valence-electron chi connectivity index (χ0n) is 12.5. The smallest absolute Gasteiger partial charge is 0.151 e. The zero-order chi connectivity index (χ0) is 13.7. The van der Waals surface area contributed by atoms with Crippen LogP contribution in [-0.2, 0) is 13.5 Å². The van der Waals surface area contributed by atoms with Crippen LogP contribution in [0.3, 0.4) is 0 Å². The molecule has 1 N–H and O–H groups in total. The van der Waals surface area contributed by atoms with Gasteiger partial charge in [0.25, 0.3) is 0 Å². The summed E-state index contributed by atoms with van der Waals surface area (Å²) in [5.41, 5.74) is 0. The molecule has 2 rings (SSSR count). The van der Waals surface area contributed by atoms with Crippen LogP contribution in [0.4, 0.5) is 0 Å². The number of nitrogens with one attached hydrogen (secondary N) is 1. The van der Waals surface area contributed by atoms with Crippen molar-refractivity contribution in [2.75, 3.05) is 32.7 Å². The molecule has 1 aliphatic heterocycles. The highest BCUT2D eigenvalue weighted by Gasteiger charge is 2.21. The highest BCUT2D eigenvalue weighted by Crippen LogP contribution is 2.15. The topological polar surface area (TPSA) is 46.0 Å². The SMILES string of the molecule is CC(C)CNCC1CCN(CCc2ncn(C)n2)C1. The van der Waals surface area contributed by atoms with E-state index in [1.165, 1.54) is 19.5 Å². The molecule has 1 aromatic rings. The number of aryl methyl sites for hydroxylation is 1. The quantitative estimate of drug-likeness (QED) is 0.796. The first kappa shape index (κ1) is 14.5. The number of nitrogens with zero attached hydrogens (tertiary/aromatic N) is 4. The highest BCUT2D eigenvalue weighted by molar-refractivity contribution is 4.85. The summed E-state index contributed by atoms with van der Waals surface area (Å²) >= 11 is 0. The molecule has 1 fully saturated rings. The van der Waals surface area contributed by atoms with Crippen molar-refractivity contribution >= 4 is 0 Å². The summed E-state index contributed by atoms with van der Waals surface area (Å²) in [5.74, 6) is 2.52. The van der Waals surface area contributed by atoms with Gasteiger partial charge in [-0.2, -0.15) is 5.10 Å². The van der Waals surface area contributed by atoms with Gasteiger partial charge in [-0.1, -0.05) is 13.8 Å². The Bertz CT molecular complexity index is 374. The lowest BCUT2D eigenvalue weighted by atomic mass is 10.1. The van der Waals surface area contributed by atoms with Gasteiger partial charge in [0.1, 0.15) is 6.33 Å². The van der Waals surface area contributed by atoms with Crippen LogP contribution < -0.4 is 5.32 Å². The number of rotatable bonds is 7. The van der Waals surface area contributed by atoms with Gasteiger partial charge in [0, 0.05) is 26.6 Å². The molecule has 0 radical (unpaired) electrons. The van der Waals surface area contributed by atoms with E-state index in [9.17, 15) is 0 Å². The standard InChI is InChI=1S/C14H27N5/c1-12(2)8-15-9-13-4-6-19(10-13)7-5-14-16-11-18(3)17-14/h11-13,15H,4-10H2,1-3H3. The van der Waals surface area contributed by atoms with E-state index in [0.29, 0.717) is 0 Å². The second-order valence-electron chi connectivity index (χ2n) is 6.09. The first-order valence-electron chi connectivity index (χ1n) is 7.41. The van der Waals surface area contributed by atoms with Crippen molar-refractivity contribution in [2.45, 2.75) is 26.7 Å². The summed E-state index contributed by atoms with van der Waals surface area (Å²) in [6.07, 6.45) is 4.06. The van der Waals surface area contributed by atoms with E-state index < -0.39 is 0 Å².